The minimum Gasteiger partial charge on any atom is -0.508 e. The lowest BCUT2D eigenvalue weighted by molar-refractivity contribution is -0.132. The zero-order valence-corrected chi connectivity index (χ0v) is 14.4. The zero-order valence-electron chi connectivity index (χ0n) is 12.2. The Hall–Kier alpha value is -1.75. The zero-order chi connectivity index (χ0) is 17.7. The van der Waals surface area contributed by atoms with Crippen molar-refractivity contribution in [3.05, 3.63) is 60.7 Å². The molecular formula is C16H15Cl3O4. The summed E-state index contributed by atoms with van der Waals surface area (Å²) < 4.78 is 4.77. The number of ether oxygens (including phenoxy) is 1. The summed E-state index contributed by atoms with van der Waals surface area (Å²) in [5.41, 5.74) is 0. The number of aromatic hydroxyl groups is 1. The monoisotopic (exact) mass is 376 g/mol. The third-order valence-corrected chi connectivity index (χ3v) is 2.25. The second-order valence-electron chi connectivity index (χ2n) is 3.84. The fourth-order valence-corrected chi connectivity index (χ4v) is 1.17. The number of alkyl halides is 2. The van der Waals surface area contributed by atoms with Crippen LogP contribution in [0.3, 0.4) is 0 Å². The molecule has 0 amide bonds. The van der Waals surface area contributed by atoms with Crippen LogP contribution in [-0.2, 0) is 9.59 Å². The fourth-order valence-electron chi connectivity index (χ4n) is 1.08. The van der Waals surface area contributed by atoms with Gasteiger partial charge in [0, 0.05) is 6.92 Å². The third kappa shape index (κ3) is 13.6. The van der Waals surface area contributed by atoms with E-state index in [2.05, 4.69) is 11.6 Å². The lowest BCUT2D eigenvalue weighted by Crippen LogP contribution is -2.15. The lowest BCUT2D eigenvalue weighted by atomic mass is 10.3. The summed E-state index contributed by atoms with van der Waals surface area (Å²) in [4.78, 5) is 18.9. The van der Waals surface area contributed by atoms with Crippen LogP contribution in [0.15, 0.2) is 60.7 Å². The molecule has 0 saturated carbocycles. The summed E-state index contributed by atoms with van der Waals surface area (Å²) in [5.74, 6) is 0.0980. The first-order chi connectivity index (χ1) is 10.8. The Labute approximate surface area is 149 Å². The summed E-state index contributed by atoms with van der Waals surface area (Å²) in [6.45, 7) is 1.29. The predicted molar refractivity (Wildman–Crippen MR) is 92.2 cm³/mol. The number of benzene rings is 2. The van der Waals surface area contributed by atoms with Gasteiger partial charge in [0.15, 0.2) is 0 Å². The van der Waals surface area contributed by atoms with Gasteiger partial charge in [-0.1, -0.05) is 59.6 Å². The van der Waals surface area contributed by atoms with E-state index in [1.807, 2.05) is 12.1 Å². The Morgan fingerprint density at radius 3 is 1.65 bits per heavy atom. The number of phenols is 1. The molecule has 1 N–H and O–H groups in total. The van der Waals surface area contributed by atoms with E-state index in [0.29, 0.717) is 11.5 Å². The van der Waals surface area contributed by atoms with Crippen molar-refractivity contribution in [1.29, 1.82) is 0 Å². The van der Waals surface area contributed by atoms with Gasteiger partial charge >= 0.3 is 5.97 Å². The number of halogens is 3. The molecule has 2 rings (SSSR count). The van der Waals surface area contributed by atoms with Gasteiger partial charge < -0.3 is 9.84 Å². The maximum Gasteiger partial charge on any atom is 0.344 e. The molecule has 0 aliphatic heterocycles. The Kier molecular flexibility index (Phi) is 11.8. The van der Waals surface area contributed by atoms with Crippen molar-refractivity contribution in [3.63, 3.8) is 0 Å². The van der Waals surface area contributed by atoms with Crippen LogP contribution in [0.1, 0.15) is 6.92 Å². The Balaban J connectivity index is 0.000000371. The first-order valence-corrected chi connectivity index (χ1v) is 7.53. The van der Waals surface area contributed by atoms with Crippen molar-refractivity contribution < 1.29 is 19.4 Å². The lowest BCUT2D eigenvalue weighted by Gasteiger charge is -2.02. The topological polar surface area (TPSA) is 63.6 Å². The van der Waals surface area contributed by atoms with Gasteiger partial charge in [-0.2, -0.15) is 0 Å². The van der Waals surface area contributed by atoms with Crippen LogP contribution in [-0.4, -0.2) is 21.2 Å². The molecule has 0 bridgehead atoms. The van der Waals surface area contributed by atoms with Gasteiger partial charge in [0.05, 0.1) is 0 Å². The second-order valence-corrected chi connectivity index (χ2v) is 5.47. The van der Waals surface area contributed by atoms with Crippen LogP contribution < -0.4 is 4.74 Å². The van der Waals surface area contributed by atoms with E-state index >= 15 is 0 Å². The summed E-state index contributed by atoms with van der Waals surface area (Å²) in [7, 11) is 0. The molecule has 0 spiro atoms. The minimum atomic E-state index is -1.13. The molecule has 7 heteroatoms. The van der Waals surface area contributed by atoms with Crippen LogP contribution in [0.2, 0.25) is 0 Å². The van der Waals surface area contributed by atoms with Crippen LogP contribution in [0.4, 0.5) is 0 Å². The normalized spacial score (nSPS) is 8.91. The van der Waals surface area contributed by atoms with E-state index in [4.69, 9.17) is 33.0 Å². The average Bonchev–Trinajstić information content (AvgIpc) is 2.49. The van der Waals surface area contributed by atoms with E-state index < -0.39 is 10.8 Å². The van der Waals surface area contributed by atoms with Gasteiger partial charge in [-0.15, -0.1) is 0 Å². The number of carbonyl (C=O) groups is 2. The number of carbonyl (C=O) groups excluding carboxylic acids is 2. The number of phenolic OH excluding ortho intramolecular Hbond substituents is 1. The van der Waals surface area contributed by atoms with Crippen LogP contribution >= 0.6 is 34.8 Å². The Morgan fingerprint density at radius 2 is 1.35 bits per heavy atom. The van der Waals surface area contributed by atoms with Crippen molar-refractivity contribution in [2.75, 3.05) is 0 Å². The molecule has 2 aromatic rings. The maximum absolute atomic E-state index is 10.8. The van der Waals surface area contributed by atoms with Crippen molar-refractivity contribution in [2.24, 2.45) is 0 Å². The van der Waals surface area contributed by atoms with Crippen LogP contribution in [0.25, 0.3) is 0 Å². The largest absolute Gasteiger partial charge is 0.508 e. The molecule has 0 saturated heterocycles. The van der Waals surface area contributed by atoms with Crippen molar-refractivity contribution in [1.82, 2.24) is 0 Å². The smallest absolute Gasteiger partial charge is 0.344 e. The van der Waals surface area contributed by atoms with E-state index in [1.165, 1.54) is 6.92 Å². The molecule has 0 unspecified atom stereocenters. The van der Waals surface area contributed by atoms with Crippen molar-refractivity contribution >= 4 is 46.0 Å². The summed E-state index contributed by atoms with van der Waals surface area (Å²) >= 11 is 15.2. The number of esters is 1. The molecule has 0 aliphatic rings. The molecule has 0 aliphatic carbocycles. The average molecular weight is 378 g/mol. The van der Waals surface area contributed by atoms with E-state index in [-0.39, 0.29) is 5.24 Å². The van der Waals surface area contributed by atoms with Gasteiger partial charge in [0.2, 0.25) is 10.1 Å². The highest BCUT2D eigenvalue weighted by Gasteiger charge is 2.13. The van der Waals surface area contributed by atoms with Gasteiger partial charge in [-0.05, 0) is 35.9 Å². The molecular weight excluding hydrogens is 363 g/mol. The van der Waals surface area contributed by atoms with Gasteiger partial charge in [-0.3, -0.25) is 4.79 Å². The third-order valence-electron chi connectivity index (χ3n) is 1.90. The first kappa shape index (κ1) is 21.2. The van der Waals surface area contributed by atoms with Gasteiger partial charge in [0.1, 0.15) is 11.5 Å². The highest BCUT2D eigenvalue weighted by Crippen LogP contribution is 2.12. The highest BCUT2D eigenvalue weighted by atomic mass is 35.5. The molecule has 0 fully saturated rings. The Morgan fingerprint density at radius 1 is 0.957 bits per heavy atom. The van der Waals surface area contributed by atoms with Crippen molar-refractivity contribution in [3.8, 4) is 11.5 Å². The summed E-state index contributed by atoms with van der Waals surface area (Å²) in [6, 6.07) is 17.3. The molecule has 2 aromatic carbocycles. The minimum absolute atomic E-state index is 0.322. The quantitative estimate of drug-likeness (QED) is 0.361. The van der Waals surface area contributed by atoms with Crippen LogP contribution in [0.5, 0.6) is 11.5 Å². The van der Waals surface area contributed by atoms with E-state index in [0.717, 1.165) is 0 Å². The van der Waals surface area contributed by atoms with Gasteiger partial charge in [-0.25, -0.2) is 4.79 Å². The SMILES string of the molecule is CC(=O)Cl.O=C(Oc1ccccc1)C(Cl)Cl.Oc1ccccc1. The molecule has 0 aromatic heterocycles. The van der Waals surface area contributed by atoms with Gasteiger partial charge in [0.25, 0.3) is 0 Å². The fraction of sp³-hybridized carbons (Fsp3) is 0.125. The predicted octanol–water partition coefficient (Wildman–Crippen LogP) is 4.56. The molecule has 0 atom stereocenters. The Bertz CT molecular complexity index is 570. The second kappa shape index (κ2) is 12.8. The number of rotatable bonds is 2. The summed E-state index contributed by atoms with van der Waals surface area (Å²) in [6.07, 6.45) is 0. The highest BCUT2D eigenvalue weighted by molar-refractivity contribution is 6.62. The molecule has 23 heavy (non-hydrogen) atoms. The first-order valence-electron chi connectivity index (χ1n) is 6.28. The number of para-hydroxylation sites is 2. The summed E-state index contributed by atoms with van der Waals surface area (Å²) in [5, 5.41) is 8.27. The van der Waals surface area contributed by atoms with E-state index in [1.54, 1.807) is 48.5 Å². The number of hydrogen-bond donors (Lipinski definition) is 1. The molecule has 4 nitrogen and oxygen atoms in total. The molecule has 0 radical (unpaired) electrons. The van der Waals surface area contributed by atoms with Crippen molar-refractivity contribution in [2.45, 2.75) is 11.8 Å². The maximum atomic E-state index is 10.8. The standard InChI is InChI=1S/C8H6Cl2O2.C6H6O.C2H3ClO/c9-7(10)8(11)12-6-4-2-1-3-5-6;7-6-4-2-1-3-5-6;1-2(3)4/h1-5,7H;1-5,7H;1H3. The van der Waals surface area contributed by atoms with Crippen LogP contribution in [0, 0.1) is 0 Å². The van der Waals surface area contributed by atoms with E-state index in [9.17, 15) is 9.59 Å². The number of hydrogen-bond acceptors (Lipinski definition) is 4. The molecule has 124 valence electrons. The molecule has 0 heterocycles.